The molecule has 118 valence electrons. The minimum absolute atomic E-state index is 0.00371. The van der Waals surface area contributed by atoms with Crippen LogP contribution in [-0.2, 0) is 14.3 Å². The Balaban J connectivity index is 1.79. The number of carbonyl (C=O) groups is 2. The van der Waals surface area contributed by atoms with Crippen molar-refractivity contribution in [3.05, 3.63) is 22.4 Å². The highest BCUT2D eigenvalue weighted by Gasteiger charge is 2.28. The molecule has 1 aromatic rings. The van der Waals surface area contributed by atoms with Gasteiger partial charge in [-0.05, 0) is 22.0 Å². The minimum atomic E-state index is -0.448. The molecule has 1 fully saturated rings. The van der Waals surface area contributed by atoms with E-state index < -0.39 is 5.82 Å². The van der Waals surface area contributed by atoms with E-state index in [1.807, 2.05) is 0 Å². The van der Waals surface area contributed by atoms with Crippen molar-refractivity contribution in [2.75, 3.05) is 44.4 Å². The molecule has 6 nitrogen and oxygen atoms in total. The highest BCUT2D eigenvalue weighted by molar-refractivity contribution is 9.10. The minimum Gasteiger partial charge on any atom is -0.489 e. The average molecular weight is 373 g/mol. The van der Waals surface area contributed by atoms with Crippen molar-refractivity contribution < 1.29 is 23.5 Å². The standard InChI is InChI=1S/C14H14BrFN2O4/c15-9-5-11-12(6-10(9)16)22-4-2-18(11)13(19)7-17-1-3-21-8-14(17)20/h5-6H,1-4,7-8H2. The molecule has 0 radical (unpaired) electrons. The molecule has 0 atom stereocenters. The van der Waals surface area contributed by atoms with E-state index in [0.717, 1.165) is 0 Å². The van der Waals surface area contributed by atoms with E-state index in [1.165, 1.54) is 21.9 Å². The van der Waals surface area contributed by atoms with Crippen LogP contribution in [0.5, 0.6) is 5.75 Å². The molecule has 2 heterocycles. The van der Waals surface area contributed by atoms with Crippen LogP contribution in [0, 0.1) is 5.82 Å². The van der Waals surface area contributed by atoms with E-state index in [0.29, 0.717) is 31.1 Å². The topological polar surface area (TPSA) is 59.1 Å². The van der Waals surface area contributed by atoms with Gasteiger partial charge in [-0.3, -0.25) is 9.59 Å². The molecule has 8 heteroatoms. The zero-order valence-electron chi connectivity index (χ0n) is 11.7. The lowest BCUT2D eigenvalue weighted by atomic mass is 10.2. The fourth-order valence-corrected chi connectivity index (χ4v) is 2.77. The number of ether oxygens (including phenoxy) is 2. The zero-order valence-corrected chi connectivity index (χ0v) is 13.3. The van der Waals surface area contributed by atoms with Gasteiger partial charge < -0.3 is 19.3 Å². The molecule has 1 aromatic carbocycles. The Morgan fingerprint density at radius 3 is 2.91 bits per heavy atom. The van der Waals surface area contributed by atoms with Gasteiger partial charge in [0.15, 0.2) is 0 Å². The van der Waals surface area contributed by atoms with E-state index in [2.05, 4.69) is 15.9 Å². The van der Waals surface area contributed by atoms with Crippen LogP contribution < -0.4 is 9.64 Å². The number of nitrogens with zero attached hydrogens (tertiary/aromatic N) is 2. The molecule has 0 saturated carbocycles. The molecule has 0 bridgehead atoms. The van der Waals surface area contributed by atoms with Crippen molar-refractivity contribution in [3.63, 3.8) is 0 Å². The van der Waals surface area contributed by atoms with Gasteiger partial charge in [-0.1, -0.05) is 0 Å². The second-order valence-corrected chi connectivity index (χ2v) is 5.85. The van der Waals surface area contributed by atoms with Crippen molar-refractivity contribution in [3.8, 4) is 5.75 Å². The maximum atomic E-state index is 13.6. The summed E-state index contributed by atoms with van der Waals surface area (Å²) in [5.41, 5.74) is 0.505. The van der Waals surface area contributed by atoms with Crippen LogP contribution in [0.2, 0.25) is 0 Å². The van der Waals surface area contributed by atoms with Crippen molar-refractivity contribution in [2.24, 2.45) is 0 Å². The van der Waals surface area contributed by atoms with Gasteiger partial charge in [0, 0.05) is 12.6 Å². The molecule has 2 aliphatic heterocycles. The number of benzene rings is 1. The average Bonchev–Trinajstić information content (AvgIpc) is 2.50. The second kappa shape index (κ2) is 6.21. The Morgan fingerprint density at radius 2 is 2.14 bits per heavy atom. The van der Waals surface area contributed by atoms with Gasteiger partial charge in [0.05, 0.1) is 23.3 Å². The Morgan fingerprint density at radius 1 is 1.32 bits per heavy atom. The predicted octanol–water partition coefficient (Wildman–Crippen LogP) is 1.17. The highest BCUT2D eigenvalue weighted by Crippen LogP contribution is 2.36. The lowest BCUT2D eigenvalue weighted by Crippen LogP contribution is -2.49. The first-order valence-electron chi connectivity index (χ1n) is 6.84. The second-order valence-electron chi connectivity index (χ2n) is 5.00. The number of amides is 2. The van der Waals surface area contributed by atoms with Gasteiger partial charge >= 0.3 is 0 Å². The maximum absolute atomic E-state index is 13.6. The van der Waals surface area contributed by atoms with Crippen molar-refractivity contribution in [1.29, 1.82) is 0 Å². The highest BCUT2D eigenvalue weighted by atomic mass is 79.9. The smallest absolute Gasteiger partial charge is 0.249 e. The summed E-state index contributed by atoms with van der Waals surface area (Å²) in [6.45, 7) is 1.46. The Kier molecular flexibility index (Phi) is 4.30. The van der Waals surface area contributed by atoms with Crippen LogP contribution in [0.25, 0.3) is 0 Å². The van der Waals surface area contributed by atoms with Gasteiger partial charge in [0.1, 0.15) is 31.3 Å². The van der Waals surface area contributed by atoms with Crippen LogP contribution in [0.1, 0.15) is 0 Å². The van der Waals surface area contributed by atoms with Crippen LogP contribution in [-0.4, -0.2) is 56.2 Å². The summed E-state index contributed by atoms with van der Waals surface area (Å²) < 4.78 is 24.3. The molecule has 0 spiro atoms. The Labute approximate surface area is 134 Å². The van der Waals surface area contributed by atoms with E-state index in [9.17, 15) is 14.0 Å². The lowest BCUT2D eigenvalue weighted by molar-refractivity contribution is -0.145. The van der Waals surface area contributed by atoms with Gasteiger partial charge in [0.25, 0.3) is 0 Å². The van der Waals surface area contributed by atoms with Crippen LogP contribution in [0.3, 0.4) is 0 Å². The summed E-state index contributed by atoms with van der Waals surface area (Å²) in [4.78, 5) is 27.2. The molecule has 1 saturated heterocycles. The third-order valence-electron chi connectivity index (χ3n) is 3.58. The molecule has 3 rings (SSSR count). The number of carbonyl (C=O) groups excluding carboxylic acids is 2. The number of hydrogen-bond acceptors (Lipinski definition) is 4. The molecule has 0 aromatic heterocycles. The molecule has 0 unspecified atom stereocenters. The first-order valence-corrected chi connectivity index (χ1v) is 7.63. The number of fused-ring (bicyclic) bond motifs is 1. The third-order valence-corrected chi connectivity index (χ3v) is 4.18. The molecule has 0 aliphatic carbocycles. The number of anilines is 1. The lowest BCUT2D eigenvalue weighted by Gasteiger charge is -2.33. The quantitative estimate of drug-likeness (QED) is 0.781. The summed E-state index contributed by atoms with van der Waals surface area (Å²) in [5, 5.41) is 0. The van der Waals surface area contributed by atoms with E-state index in [-0.39, 0.29) is 36.0 Å². The SMILES string of the molecule is O=C1COCCN1CC(=O)N1CCOc2cc(F)c(Br)cc21. The summed E-state index contributed by atoms with van der Waals surface area (Å²) >= 11 is 3.11. The first-order chi connectivity index (χ1) is 10.6. The van der Waals surface area contributed by atoms with E-state index >= 15 is 0 Å². The first kappa shape index (κ1) is 15.2. The van der Waals surface area contributed by atoms with Crippen LogP contribution in [0.4, 0.5) is 10.1 Å². The maximum Gasteiger partial charge on any atom is 0.249 e. The fourth-order valence-electron chi connectivity index (χ4n) is 2.44. The van der Waals surface area contributed by atoms with Gasteiger partial charge in [-0.25, -0.2) is 4.39 Å². The summed E-state index contributed by atoms with van der Waals surface area (Å²) in [6.07, 6.45) is 0. The third kappa shape index (κ3) is 2.93. The monoisotopic (exact) mass is 372 g/mol. The van der Waals surface area contributed by atoms with Gasteiger partial charge in [0.2, 0.25) is 11.8 Å². The van der Waals surface area contributed by atoms with Crippen LogP contribution >= 0.6 is 15.9 Å². The summed E-state index contributed by atoms with van der Waals surface area (Å²) in [6, 6.07) is 2.77. The van der Waals surface area contributed by atoms with Crippen molar-refractivity contribution in [2.45, 2.75) is 0 Å². The van der Waals surface area contributed by atoms with Crippen molar-refractivity contribution >= 4 is 33.4 Å². The summed E-state index contributed by atoms with van der Waals surface area (Å²) in [5.74, 6) is -0.545. The summed E-state index contributed by atoms with van der Waals surface area (Å²) in [7, 11) is 0. The molecular weight excluding hydrogens is 359 g/mol. The number of hydrogen-bond donors (Lipinski definition) is 0. The fraction of sp³-hybridized carbons (Fsp3) is 0.429. The molecule has 22 heavy (non-hydrogen) atoms. The molecule has 2 aliphatic rings. The van der Waals surface area contributed by atoms with Gasteiger partial charge in [-0.2, -0.15) is 0 Å². The van der Waals surface area contributed by atoms with E-state index in [4.69, 9.17) is 9.47 Å². The van der Waals surface area contributed by atoms with Crippen LogP contribution in [0.15, 0.2) is 16.6 Å². The van der Waals surface area contributed by atoms with Gasteiger partial charge in [-0.15, -0.1) is 0 Å². The molecular formula is C14H14BrFN2O4. The number of rotatable bonds is 2. The molecule has 2 amide bonds. The Hall–Kier alpha value is -1.67. The molecule has 0 N–H and O–H groups in total. The van der Waals surface area contributed by atoms with Crippen molar-refractivity contribution in [1.82, 2.24) is 4.90 Å². The normalized spacial score (nSPS) is 18.0. The predicted molar refractivity (Wildman–Crippen MR) is 79.3 cm³/mol. The Bertz CT molecular complexity index is 625. The zero-order chi connectivity index (χ0) is 15.7. The number of morpholine rings is 1. The largest absolute Gasteiger partial charge is 0.489 e. The number of halogens is 2. The van der Waals surface area contributed by atoms with E-state index in [1.54, 1.807) is 0 Å².